The molecule has 1 aliphatic heterocycles. The van der Waals surface area contributed by atoms with E-state index in [4.69, 9.17) is 16.3 Å². The van der Waals surface area contributed by atoms with Crippen molar-refractivity contribution in [1.82, 2.24) is 15.1 Å². The molecule has 0 aromatic heterocycles. The molecule has 3 amide bonds. The Labute approximate surface area is 151 Å². The van der Waals surface area contributed by atoms with Gasteiger partial charge in [-0.3, -0.25) is 0 Å². The van der Waals surface area contributed by atoms with Crippen molar-refractivity contribution in [3.63, 3.8) is 0 Å². The number of hydrogen-bond donors (Lipinski definition) is 1. The number of carbonyl (C=O) groups is 2. The number of amides is 3. The number of rotatable bonds is 2. The maximum absolute atomic E-state index is 13.1. The highest BCUT2D eigenvalue weighted by molar-refractivity contribution is 6.30. The quantitative estimate of drug-likeness (QED) is 0.868. The molecule has 2 rings (SSSR count). The van der Waals surface area contributed by atoms with Crippen molar-refractivity contribution in [2.45, 2.75) is 32.9 Å². The largest absolute Gasteiger partial charge is 0.444 e. The summed E-state index contributed by atoms with van der Waals surface area (Å²) >= 11 is 5.72. The molecule has 0 saturated carbocycles. The van der Waals surface area contributed by atoms with Crippen LogP contribution in [0, 0.1) is 5.82 Å². The first kappa shape index (κ1) is 19.3. The summed E-state index contributed by atoms with van der Waals surface area (Å²) in [5.41, 5.74) is 0.175. The highest BCUT2D eigenvalue weighted by Crippen LogP contribution is 2.16. The van der Waals surface area contributed by atoms with Crippen molar-refractivity contribution in [2.24, 2.45) is 0 Å². The molecule has 0 bridgehead atoms. The molecule has 8 heteroatoms. The monoisotopic (exact) mass is 371 g/mol. The summed E-state index contributed by atoms with van der Waals surface area (Å²) in [4.78, 5) is 27.4. The van der Waals surface area contributed by atoms with Gasteiger partial charge in [0.1, 0.15) is 11.4 Å². The molecule has 1 heterocycles. The zero-order valence-electron chi connectivity index (χ0n) is 14.6. The van der Waals surface area contributed by atoms with Crippen LogP contribution in [0.5, 0.6) is 0 Å². The lowest BCUT2D eigenvalue weighted by molar-refractivity contribution is 0.0170. The Morgan fingerprint density at radius 2 is 1.80 bits per heavy atom. The van der Waals surface area contributed by atoms with Crippen LogP contribution in [0.3, 0.4) is 0 Å². The molecule has 1 fully saturated rings. The fraction of sp³-hybridized carbons (Fsp3) is 0.529. The maximum Gasteiger partial charge on any atom is 0.410 e. The highest BCUT2D eigenvalue weighted by atomic mass is 35.5. The lowest BCUT2D eigenvalue weighted by atomic mass is 10.2. The van der Waals surface area contributed by atoms with Crippen molar-refractivity contribution < 1.29 is 18.7 Å². The number of nitrogens with one attached hydrogen (secondary N) is 1. The summed E-state index contributed by atoms with van der Waals surface area (Å²) < 4.78 is 18.4. The molecule has 25 heavy (non-hydrogen) atoms. The minimum atomic E-state index is -0.540. The molecular formula is C17H23ClFN3O3. The maximum atomic E-state index is 13.1. The van der Waals surface area contributed by atoms with Gasteiger partial charge in [0.15, 0.2) is 0 Å². The second kappa shape index (κ2) is 7.91. The normalized spacial score (nSPS) is 15.1. The molecule has 0 spiro atoms. The highest BCUT2D eigenvalue weighted by Gasteiger charge is 2.27. The van der Waals surface area contributed by atoms with Crippen molar-refractivity contribution in [2.75, 3.05) is 26.2 Å². The van der Waals surface area contributed by atoms with Gasteiger partial charge in [0.05, 0.1) is 5.02 Å². The van der Waals surface area contributed by atoms with E-state index in [0.717, 1.165) is 0 Å². The first-order valence-electron chi connectivity index (χ1n) is 8.10. The minimum absolute atomic E-state index is 0.0257. The van der Waals surface area contributed by atoms with Crippen LogP contribution in [0.1, 0.15) is 26.3 Å². The van der Waals surface area contributed by atoms with Crippen LogP contribution in [0.15, 0.2) is 18.2 Å². The number of halogens is 2. The van der Waals surface area contributed by atoms with Crippen molar-refractivity contribution in [3.05, 3.63) is 34.6 Å². The van der Waals surface area contributed by atoms with Gasteiger partial charge in [-0.1, -0.05) is 17.7 Å². The Morgan fingerprint density at radius 3 is 2.36 bits per heavy atom. The number of hydrogen-bond acceptors (Lipinski definition) is 3. The van der Waals surface area contributed by atoms with Crippen LogP contribution in [0.25, 0.3) is 0 Å². The summed E-state index contributed by atoms with van der Waals surface area (Å²) in [6.45, 7) is 7.40. The van der Waals surface area contributed by atoms with Gasteiger partial charge in [0.2, 0.25) is 0 Å². The van der Waals surface area contributed by atoms with Crippen molar-refractivity contribution in [1.29, 1.82) is 0 Å². The fourth-order valence-corrected chi connectivity index (χ4v) is 2.56. The van der Waals surface area contributed by atoms with Gasteiger partial charge in [0, 0.05) is 32.7 Å². The molecule has 0 aliphatic carbocycles. The smallest absolute Gasteiger partial charge is 0.410 e. The van der Waals surface area contributed by atoms with Gasteiger partial charge < -0.3 is 19.9 Å². The zero-order valence-corrected chi connectivity index (χ0v) is 15.4. The lowest BCUT2D eigenvalue weighted by Gasteiger charge is -2.35. The second-order valence-corrected chi connectivity index (χ2v) is 7.27. The van der Waals surface area contributed by atoms with E-state index in [0.29, 0.717) is 31.7 Å². The molecule has 0 unspecified atom stereocenters. The Kier molecular flexibility index (Phi) is 6.11. The van der Waals surface area contributed by atoms with E-state index in [1.54, 1.807) is 15.9 Å². The lowest BCUT2D eigenvalue weighted by Crippen LogP contribution is -2.53. The van der Waals surface area contributed by atoms with Gasteiger partial charge in [0.25, 0.3) is 0 Å². The summed E-state index contributed by atoms with van der Waals surface area (Å²) in [6.07, 6.45) is -0.367. The minimum Gasteiger partial charge on any atom is -0.444 e. The number of carbonyl (C=O) groups excluding carboxylic acids is 2. The summed E-state index contributed by atoms with van der Waals surface area (Å²) in [5, 5.41) is 2.79. The van der Waals surface area contributed by atoms with Gasteiger partial charge in [-0.2, -0.15) is 0 Å². The molecule has 1 saturated heterocycles. The molecule has 0 radical (unpaired) electrons. The van der Waals surface area contributed by atoms with Crippen LogP contribution in [-0.4, -0.2) is 53.7 Å². The Balaban J connectivity index is 1.79. The van der Waals surface area contributed by atoms with Crippen LogP contribution in [-0.2, 0) is 11.3 Å². The molecule has 1 aromatic carbocycles. The summed E-state index contributed by atoms with van der Waals surface area (Å²) in [5.74, 6) is -0.491. The fourth-order valence-electron chi connectivity index (χ4n) is 2.36. The van der Waals surface area contributed by atoms with E-state index in [9.17, 15) is 14.0 Å². The first-order valence-corrected chi connectivity index (χ1v) is 8.48. The van der Waals surface area contributed by atoms with E-state index in [-0.39, 0.29) is 23.7 Å². The number of nitrogens with zero attached hydrogens (tertiary/aromatic N) is 2. The SMILES string of the molecule is CC(C)(C)OC(=O)N1CCN(C(=O)NCc2ccc(F)c(Cl)c2)CC1. The predicted molar refractivity (Wildman–Crippen MR) is 93.0 cm³/mol. The number of urea groups is 1. The Hall–Kier alpha value is -2.02. The van der Waals surface area contributed by atoms with E-state index < -0.39 is 11.4 Å². The number of piperazine rings is 1. The molecule has 138 valence electrons. The Bertz CT molecular complexity index is 641. The van der Waals surface area contributed by atoms with Crippen LogP contribution < -0.4 is 5.32 Å². The third-order valence-electron chi connectivity index (χ3n) is 3.65. The van der Waals surface area contributed by atoms with Gasteiger partial charge in [-0.25, -0.2) is 14.0 Å². The van der Waals surface area contributed by atoms with E-state index in [1.807, 2.05) is 20.8 Å². The number of ether oxygens (including phenoxy) is 1. The van der Waals surface area contributed by atoms with Gasteiger partial charge in [-0.15, -0.1) is 0 Å². The standard InChI is InChI=1S/C17H23ClFN3O3/c1-17(2,3)25-16(24)22-8-6-21(7-9-22)15(23)20-11-12-4-5-14(19)13(18)10-12/h4-5,10H,6-9,11H2,1-3H3,(H,20,23). The third-order valence-corrected chi connectivity index (χ3v) is 3.94. The average molecular weight is 372 g/mol. The molecule has 6 nitrogen and oxygen atoms in total. The van der Waals surface area contributed by atoms with Crippen LogP contribution >= 0.6 is 11.6 Å². The van der Waals surface area contributed by atoms with E-state index in [1.165, 1.54) is 12.1 Å². The zero-order chi connectivity index (χ0) is 18.6. The van der Waals surface area contributed by atoms with Crippen LogP contribution in [0.4, 0.5) is 14.0 Å². The first-order chi connectivity index (χ1) is 11.7. The van der Waals surface area contributed by atoms with Crippen molar-refractivity contribution in [3.8, 4) is 0 Å². The summed E-state index contributed by atoms with van der Waals surface area (Å²) in [6, 6.07) is 4.09. The molecule has 1 aromatic rings. The van der Waals surface area contributed by atoms with E-state index >= 15 is 0 Å². The summed E-state index contributed by atoms with van der Waals surface area (Å²) in [7, 11) is 0. The van der Waals surface area contributed by atoms with Gasteiger partial charge in [-0.05, 0) is 38.5 Å². The van der Waals surface area contributed by atoms with Crippen molar-refractivity contribution >= 4 is 23.7 Å². The predicted octanol–water partition coefficient (Wildman–Crippen LogP) is 3.24. The second-order valence-electron chi connectivity index (χ2n) is 6.86. The topological polar surface area (TPSA) is 61.9 Å². The average Bonchev–Trinajstić information content (AvgIpc) is 2.54. The molecule has 0 atom stereocenters. The third kappa shape index (κ3) is 5.77. The molecular weight excluding hydrogens is 349 g/mol. The molecule has 1 N–H and O–H groups in total. The van der Waals surface area contributed by atoms with E-state index in [2.05, 4.69) is 5.32 Å². The Morgan fingerprint density at radius 1 is 1.20 bits per heavy atom. The van der Waals surface area contributed by atoms with Crippen LogP contribution in [0.2, 0.25) is 5.02 Å². The van der Waals surface area contributed by atoms with Gasteiger partial charge >= 0.3 is 12.1 Å². The molecule has 1 aliphatic rings. The number of benzene rings is 1.